The van der Waals surface area contributed by atoms with Crippen LogP contribution in [0, 0.1) is 0 Å². The maximum atomic E-state index is 12.9. The van der Waals surface area contributed by atoms with E-state index in [1.54, 1.807) is 12.1 Å². The number of aromatic nitrogens is 2. The van der Waals surface area contributed by atoms with Gasteiger partial charge in [-0.25, -0.2) is 4.98 Å². The van der Waals surface area contributed by atoms with E-state index in [0.29, 0.717) is 31.9 Å². The zero-order valence-electron chi connectivity index (χ0n) is 16.3. The van der Waals surface area contributed by atoms with Crippen LogP contribution in [0.25, 0.3) is 33.3 Å². The smallest absolute Gasteiger partial charge is 0.254 e. The number of hydrogen-bond donors (Lipinski definition) is 2. The molecule has 2 aromatic carbocycles. The van der Waals surface area contributed by atoms with Crippen LogP contribution >= 0.6 is 0 Å². The van der Waals surface area contributed by atoms with Crippen molar-refractivity contribution in [3.8, 4) is 28.0 Å². The standard InChI is InChI=1S/C24H21N3O3/c28-20-6-2-4-17(12-20)22-15-26-23-21(22)13-19(14-25-23)16-3-1-5-18(11-16)24(29)27-7-9-30-10-8-27/h1-6,11-15,28H,7-10H2,(H,25,26). The summed E-state index contributed by atoms with van der Waals surface area (Å²) in [7, 11) is 0. The monoisotopic (exact) mass is 399 g/mol. The summed E-state index contributed by atoms with van der Waals surface area (Å²) >= 11 is 0. The molecular formula is C24H21N3O3. The van der Waals surface area contributed by atoms with E-state index in [-0.39, 0.29) is 11.7 Å². The molecule has 0 unspecified atom stereocenters. The summed E-state index contributed by atoms with van der Waals surface area (Å²) in [4.78, 5) is 22.4. The van der Waals surface area contributed by atoms with Gasteiger partial charge < -0.3 is 19.7 Å². The van der Waals surface area contributed by atoms with Gasteiger partial charge in [0.2, 0.25) is 0 Å². The maximum absolute atomic E-state index is 12.9. The Balaban J connectivity index is 1.52. The van der Waals surface area contributed by atoms with Crippen LogP contribution in [0.15, 0.2) is 67.0 Å². The number of aromatic hydroxyl groups is 1. The Bertz CT molecular complexity index is 1230. The van der Waals surface area contributed by atoms with Gasteiger partial charge in [-0.15, -0.1) is 0 Å². The Morgan fingerprint density at radius 1 is 1.00 bits per heavy atom. The van der Waals surface area contributed by atoms with E-state index in [0.717, 1.165) is 33.3 Å². The third kappa shape index (κ3) is 3.42. The molecule has 1 fully saturated rings. The second-order valence-electron chi connectivity index (χ2n) is 7.36. The maximum Gasteiger partial charge on any atom is 0.254 e. The Hall–Kier alpha value is -3.64. The first-order chi connectivity index (χ1) is 14.7. The molecule has 150 valence electrons. The van der Waals surface area contributed by atoms with Crippen LogP contribution in [-0.4, -0.2) is 52.2 Å². The van der Waals surface area contributed by atoms with Gasteiger partial charge >= 0.3 is 0 Å². The summed E-state index contributed by atoms with van der Waals surface area (Å²) in [5.41, 5.74) is 5.19. The highest BCUT2D eigenvalue weighted by molar-refractivity contribution is 5.98. The van der Waals surface area contributed by atoms with Gasteiger partial charge in [-0.3, -0.25) is 4.79 Å². The average Bonchev–Trinajstić information content (AvgIpc) is 3.22. The number of carbonyl (C=O) groups excluding carboxylic acids is 1. The first-order valence-corrected chi connectivity index (χ1v) is 9.93. The lowest BCUT2D eigenvalue weighted by molar-refractivity contribution is 0.0303. The highest BCUT2D eigenvalue weighted by Crippen LogP contribution is 2.32. The summed E-state index contributed by atoms with van der Waals surface area (Å²) in [6.45, 7) is 2.40. The first-order valence-electron chi connectivity index (χ1n) is 9.93. The van der Waals surface area contributed by atoms with Crippen molar-refractivity contribution >= 4 is 16.9 Å². The number of pyridine rings is 1. The minimum Gasteiger partial charge on any atom is -0.508 e. The van der Waals surface area contributed by atoms with Crippen LogP contribution < -0.4 is 0 Å². The molecule has 30 heavy (non-hydrogen) atoms. The molecule has 1 aliphatic heterocycles. The van der Waals surface area contributed by atoms with Crippen molar-refractivity contribution in [3.05, 3.63) is 72.6 Å². The van der Waals surface area contributed by atoms with Gasteiger partial charge in [-0.1, -0.05) is 24.3 Å². The molecule has 4 aromatic rings. The Kier molecular flexibility index (Phi) is 4.69. The van der Waals surface area contributed by atoms with Crippen molar-refractivity contribution in [3.63, 3.8) is 0 Å². The van der Waals surface area contributed by atoms with Gasteiger partial charge in [0.15, 0.2) is 0 Å². The second-order valence-corrected chi connectivity index (χ2v) is 7.36. The molecule has 0 aliphatic carbocycles. The highest BCUT2D eigenvalue weighted by Gasteiger charge is 2.19. The predicted molar refractivity (Wildman–Crippen MR) is 115 cm³/mol. The third-order valence-electron chi connectivity index (χ3n) is 5.43. The number of ether oxygens (including phenoxy) is 1. The third-order valence-corrected chi connectivity index (χ3v) is 5.43. The minimum atomic E-state index is 0.0243. The minimum absolute atomic E-state index is 0.0243. The number of fused-ring (bicyclic) bond motifs is 1. The number of hydrogen-bond acceptors (Lipinski definition) is 4. The van der Waals surface area contributed by atoms with Crippen molar-refractivity contribution in [2.24, 2.45) is 0 Å². The Labute approximate surface area is 173 Å². The van der Waals surface area contributed by atoms with Gasteiger partial charge in [0.1, 0.15) is 11.4 Å². The highest BCUT2D eigenvalue weighted by atomic mass is 16.5. The van der Waals surface area contributed by atoms with Crippen LogP contribution in [0.4, 0.5) is 0 Å². The van der Waals surface area contributed by atoms with Crippen molar-refractivity contribution < 1.29 is 14.6 Å². The molecule has 3 heterocycles. The van der Waals surface area contributed by atoms with Crippen LogP contribution in [0.1, 0.15) is 10.4 Å². The van der Waals surface area contributed by atoms with E-state index < -0.39 is 0 Å². The fourth-order valence-electron chi connectivity index (χ4n) is 3.85. The molecule has 6 nitrogen and oxygen atoms in total. The Morgan fingerprint density at radius 3 is 2.63 bits per heavy atom. The molecule has 0 bridgehead atoms. The van der Waals surface area contributed by atoms with E-state index >= 15 is 0 Å². The summed E-state index contributed by atoms with van der Waals surface area (Å²) in [6.07, 6.45) is 3.71. The van der Waals surface area contributed by atoms with Crippen LogP contribution in [0.3, 0.4) is 0 Å². The summed E-state index contributed by atoms with van der Waals surface area (Å²) in [5, 5.41) is 10.8. The number of nitrogens with one attached hydrogen (secondary N) is 1. The lowest BCUT2D eigenvalue weighted by Gasteiger charge is -2.27. The largest absolute Gasteiger partial charge is 0.508 e. The zero-order valence-corrected chi connectivity index (χ0v) is 16.3. The number of benzene rings is 2. The molecule has 1 aliphatic rings. The van der Waals surface area contributed by atoms with Crippen LogP contribution in [0.5, 0.6) is 5.75 Å². The number of nitrogens with zero attached hydrogens (tertiary/aromatic N) is 2. The molecule has 6 heteroatoms. The van der Waals surface area contributed by atoms with Crippen LogP contribution in [-0.2, 0) is 4.74 Å². The molecule has 1 amide bonds. The summed E-state index contributed by atoms with van der Waals surface area (Å²) in [6, 6.07) is 16.9. The summed E-state index contributed by atoms with van der Waals surface area (Å²) in [5.74, 6) is 0.247. The molecular weight excluding hydrogens is 378 g/mol. The van der Waals surface area contributed by atoms with E-state index in [2.05, 4.69) is 16.0 Å². The van der Waals surface area contributed by atoms with Crippen molar-refractivity contribution in [2.75, 3.05) is 26.3 Å². The van der Waals surface area contributed by atoms with Gasteiger partial charge in [-0.2, -0.15) is 0 Å². The van der Waals surface area contributed by atoms with E-state index in [4.69, 9.17) is 4.74 Å². The number of rotatable bonds is 3. The molecule has 0 radical (unpaired) electrons. The lowest BCUT2D eigenvalue weighted by Crippen LogP contribution is -2.40. The fourth-order valence-corrected chi connectivity index (χ4v) is 3.85. The predicted octanol–water partition coefficient (Wildman–Crippen LogP) is 4.07. The van der Waals surface area contributed by atoms with Crippen LogP contribution in [0.2, 0.25) is 0 Å². The van der Waals surface area contributed by atoms with Gasteiger partial charge in [0.05, 0.1) is 13.2 Å². The topological polar surface area (TPSA) is 78.5 Å². The van der Waals surface area contributed by atoms with Gasteiger partial charge in [0, 0.05) is 47.6 Å². The number of H-pyrrole nitrogens is 1. The van der Waals surface area contributed by atoms with Gasteiger partial charge in [-0.05, 0) is 41.5 Å². The van der Waals surface area contributed by atoms with E-state index in [1.165, 1.54) is 0 Å². The van der Waals surface area contributed by atoms with E-state index in [9.17, 15) is 9.90 Å². The molecule has 1 saturated heterocycles. The number of carbonyl (C=O) groups is 1. The van der Waals surface area contributed by atoms with Gasteiger partial charge in [0.25, 0.3) is 5.91 Å². The van der Waals surface area contributed by atoms with Crippen molar-refractivity contribution in [1.29, 1.82) is 0 Å². The normalized spacial score (nSPS) is 14.2. The van der Waals surface area contributed by atoms with Crippen molar-refractivity contribution in [2.45, 2.75) is 0 Å². The molecule has 0 spiro atoms. The molecule has 0 atom stereocenters. The number of amides is 1. The number of morpholine rings is 1. The molecule has 2 N–H and O–H groups in total. The average molecular weight is 399 g/mol. The zero-order chi connectivity index (χ0) is 20.5. The second kappa shape index (κ2) is 7.65. The number of aromatic amines is 1. The summed E-state index contributed by atoms with van der Waals surface area (Å²) < 4.78 is 5.35. The van der Waals surface area contributed by atoms with E-state index in [1.807, 2.05) is 53.7 Å². The Morgan fingerprint density at radius 2 is 1.80 bits per heavy atom. The molecule has 2 aromatic heterocycles. The number of phenolic OH excluding ortho intramolecular Hbond substituents is 1. The SMILES string of the molecule is O=C(c1cccc(-c2cnc3[nH]cc(-c4cccc(O)c4)c3c2)c1)N1CCOCC1. The lowest BCUT2D eigenvalue weighted by atomic mass is 10.0. The first kappa shape index (κ1) is 18.4. The van der Waals surface area contributed by atoms with Crippen molar-refractivity contribution in [1.82, 2.24) is 14.9 Å². The number of phenols is 1. The fraction of sp³-hybridized carbons (Fsp3) is 0.167. The molecule has 0 saturated carbocycles. The molecule has 5 rings (SSSR count). The quantitative estimate of drug-likeness (QED) is 0.544.